The van der Waals surface area contributed by atoms with Crippen molar-refractivity contribution >= 4 is 112 Å². The lowest BCUT2D eigenvalue weighted by atomic mass is 9.34. The van der Waals surface area contributed by atoms with Gasteiger partial charge < -0.3 is 28.4 Å². The first-order chi connectivity index (χ1) is 42.3. The average Bonchev–Trinajstić information content (AvgIpc) is 1.02. The van der Waals surface area contributed by atoms with Crippen molar-refractivity contribution in [3.05, 3.63) is 296 Å². The Morgan fingerprint density at radius 3 is 1.60 bits per heavy atom. The van der Waals surface area contributed by atoms with Crippen LogP contribution in [-0.4, -0.2) is 6.71 Å². The van der Waals surface area contributed by atoms with Crippen LogP contribution in [0.25, 0.3) is 88.8 Å². The lowest BCUT2D eigenvalue weighted by Gasteiger charge is -2.39. The normalized spacial score (nSPS) is 13.0. The molecule has 0 spiro atoms. The van der Waals surface area contributed by atoms with Crippen LogP contribution in [-0.2, 0) is 5.41 Å². The van der Waals surface area contributed by atoms with Gasteiger partial charge in [0.25, 0.3) is 0 Å². The van der Waals surface area contributed by atoms with E-state index < -0.39 is 0 Å². The molecule has 0 atom stereocenters. The van der Waals surface area contributed by atoms with Crippen molar-refractivity contribution in [1.82, 2.24) is 0 Å². The van der Waals surface area contributed by atoms with E-state index in [9.17, 15) is 0 Å². The monoisotopic (exact) mass is 1100 g/mol. The Morgan fingerprint density at radius 1 is 0.384 bits per heavy atom. The Kier molecular flexibility index (Phi) is 11.3. The minimum Gasteiger partial charge on any atom is -0.456 e. The molecule has 0 radical (unpaired) electrons. The molecule has 0 saturated carbocycles. The van der Waals surface area contributed by atoms with Gasteiger partial charge in [0.1, 0.15) is 34.0 Å². The number of furan rings is 3. The molecule has 15 aromatic rings. The molecule has 3 aromatic heterocycles. The third-order valence-electron chi connectivity index (χ3n) is 17.9. The number of hydrogen-bond donors (Lipinski definition) is 1. The molecule has 7 heteroatoms. The van der Waals surface area contributed by atoms with Crippen LogP contribution in [0.15, 0.2) is 298 Å². The summed E-state index contributed by atoms with van der Waals surface area (Å²) in [7, 11) is 0. The van der Waals surface area contributed by atoms with Crippen molar-refractivity contribution in [1.29, 1.82) is 0 Å². The van der Waals surface area contributed by atoms with Crippen molar-refractivity contribution in [2.24, 2.45) is 0 Å². The van der Waals surface area contributed by atoms with Gasteiger partial charge in [-0.1, -0.05) is 171 Å². The topological polar surface area (TPSA) is 57.9 Å². The summed E-state index contributed by atoms with van der Waals surface area (Å²) < 4.78 is 19.2. The molecule has 2 aliphatic rings. The van der Waals surface area contributed by atoms with Gasteiger partial charge in [0.05, 0.1) is 5.69 Å². The summed E-state index contributed by atoms with van der Waals surface area (Å²) in [5.74, 6) is 2.51. The minimum atomic E-state index is -0.237. The van der Waals surface area contributed by atoms with E-state index in [1.54, 1.807) is 0 Å². The number of nitrogens with zero attached hydrogens (tertiary/aromatic N) is 2. The lowest BCUT2D eigenvalue weighted by molar-refractivity contribution is 0.631. The van der Waals surface area contributed by atoms with E-state index in [1.807, 2.05) is 42.5 Å². The second-order valence-electron chi connectivity index (χ2n) is 23.3. The second-order valence-corrected chi connectivity index (χ2v) is 23.3. The molecular weight excluding hydrogens is 1050 g/mol. The third kappa shape index (κ3) is 8.18. The van der Waals surface area contributed by atoms with Crippen LogP contribution in [0, 0.1) is 0 Å². The fourth-order valence-corrected chi connectivity index (χ4v) is 13.7. The molecule has 0 unspecified atom stereocenters. The van der Waals surface area contributed by atoms with Gasteiger partial charge in [0, 0.05) is 78.1 Å². The SMILES string of the molecule is CC1(C)c2ccccc2-c2ccc(N(c3cc(Nc4ccc(-c5cc6ccccc6o5)cc4)c4c(c3)N(c3ccc(-c5cc6ccccc6o5)cc3)c3ccccc3B4c3ccccc3)c3ccc4cc(-c5cc6ccccc6o5)ccc4c3)cc21. The van der Waals surface area contributed by atoms with Crippen LogP contribution in [0.4, 0.5) is 45.5 Å². The first-order valence-corrected chi connectivity index (χ1v) is 29.5. The molecule has 1 aliphatic heterocycles. The zero-order valence-electron chi connectivity index (χ0n) is 47.3. The molecule has 17 rings (SSSR count). The average molecular weight is 1100 g/mol. The van der Waals surface area contributed by atoms with Gasteiger partial charge >= 0.3 is 0 Å². The smallest absolute Gasteiger partial charge is 0.249 e. The molecule has 1 aliphatic carbocycles. The number of rotatable bonds is 10. The number of benzene rings is 12. The fourth-order valence-electron chi connectivity index (χ4n) is 13.7. The molecule has 0 fully saturated rings. The quantitative estimate of drug-likeness (QED) is 0.138. The molecular formula is C79H54BN3O3. The van der Waals surface area contributed by atoms with E-state index in [-0.39, 0.29) is 12.1 Å². The summed E-state index contributed by atoms with van der Waals surface area (Å²) in [5.41, 5.74) is 22.4. The van der Waals surface area contributed by atoms with Gasteiger partial charge in [0.15, 0.2) is 0 Å². The third-order valence-corrected chi connectivity index (χ3v) is 17.9. The Hall–Kier alpha value is -11.0. The number of hydrogen-bond acceptors (Lipinski definition) is 6. The highest BCUT2D eigenvalue weighted by molar-refractivity contribution is 6.99. The van der Waals surface area contributed by atoms with Crippen molar-refractivity contribution in [3.8, 4) is 45.1 Å². The Balaban J connectivity index is 0.890. The summed E-state index contributed by atoms with van der Waals surface area (Å²) in [6.45, 7) is 4.58. The maximum absolute atomic E-state index is 6.45. The summed E-state index contributed by atoms with van der Waals surface area (Å²) >= 11 is 0. The second kappa shape index (κ2) is 19.5. The zero-order chi connectivity index (χ0) is 57.0. The van der Waals surface area contributed by atoms with Crippen LogP contribution in [0.1, 0.15) is 25.0 Å². The summed E-state index contributed by atoms with van der Waals surface area (Å²) in [6, 6.07) is 103. The highest BCUT2D eigenvalue weighted by Gasteiger charge is 2.39. The lowest BCUT2D eigenvalue weighted by Crippen LogP contribution is -2.57. The van der Waals surface area contributed by atoms with Gasteiger partial charge in [0.2, 0.25) is 6.71 Å². The number of nitrogens with one attached hydrogen (secondary N) is 1. The van der Waals surface area contributed by atoms with Gasteiger partial charge in [-0.15, -0.1) is 0 Å². The summed E-state index contributed by atoms with van der Waals surface area (Å²) in [5, 5.41) is 9.58. The minimum absolute atomic E-state index is 0.144. The number of para-hydroxylation sites is 4. The van der Waals surface area contributed by atoms with Crippen LogP contribution < -0.4 is 31.5 Å². The summed E-state index contributed by atoms with van der Waals surface area (Å²) in [4.78, 5) is 4.93. The molecule has 0 saturated heterocycles. The molecule has 406 valence electrons. The van der Waals surface area contributed by atoms with Crippen LogP contribution in [0.3, 0.4) is 0 Å². The molecule has 12 aromatic carbocycles. The standard InChI is InChI=1S/C79H54BN3O3/c1-79(2)66-22-10-9-21-64(66)65-41-40-62(47-67(65)79)82(61-39-34-52-42-57(29-28-53(52)43-61)77-46-56-18-8-15-27-74(56)86-77)63-48-69(81-59-35-30-50(31-36-59)75-44-54-16-6-13-25-72(54)84-75)78-71(49-63)83(70-24-12-11-23-68(70)80(78)58-19-4-3-5-20-58)60-37-32-51(33-38-60)76-45-55-17-7-14-26-73(55)85-76/h3-49,81H,1-2H3. The first kappa shape index (κ1) is 49.6. The van der Waals surface area contributed by atoms with Crippen molar-refractivity contribution in [2.75, 3.05) is 15.1 Å². The highest BCUT2D eigenvalue weighted by Crippen LogP contribution is 2.52. The molecule has 6 nitrogen and oxygen atoms in total. The van der Waals surface area contributed by atoms with E-state index in [1.165, 1.54) is 33.2 Å². The Labute approximate surface area is 498 Å². The van der Waals surface area contributed by atoms with Crippen LogP contribution >= 0.6 is 0 Å². The first-order valence-electron chi connectivity index (χ1n) is 29.5. The van der Waals surface area contributed by atoms with Crippen LogP contribution in [0.2, 0.25) is 0 Å². The van der Waals surface area contributed by atoms with Gasteiger partial charge in [-0.3, -0.25) is 0 Å². The van der Waals surface area contributed by atoms with Crippen LogP contribution in [0.5, 0.6) is 0 Å². The maximum Gasteiger partial charge on any atom is 0.249 e. The molecule has 0 amide bonds. The van der Waals surface area contributed by atoms with Gasteiger partial charge in [-0.2, -0.15) is 0 Å². The van der Waals surface area contributed by atoms with Crippen molar-refractivity contribution in [2.45, 2.75) is 19.3 Å². The summed E-state index contributed by atoms with van der Waals surface area (Å²) in [6.07, 6.45) is 0. The maximum atomic E-state index is 6.45. The Bertz CT molecular complexity index is 5050. The number of fused-ring (bicyclic) bond motifs is 9. The predicted molar refractivity (Wildman–Crippen MR) is 357 cm³/mol. The van der Waals surface area contributed by atoms with E-state index in [0.717, 1.165) is 129 Å². The van der Waals surface area contributed by atoms with Gasteiger partial charge in [-0.05, 0) is 177 Å². The number of anilines is 8. The molecule has 4 heterocycles. The van der Waals surface area contributed by atoms with E-state index in [2.05, 4.69) is 272 Å². The van der Waals surface area contributed by atoms with E-state index >= 15 is 0 Å². The predicted octanol–water partition coefficient (Wildman–Crippen LogP) is 19.9. The van der Waals surface area contributed by atoms with E-state index in [0.29, 0.717) is 0 Å². The fraction of sp³-hybridized carbons (Fsp3) is 0.0380. The highest BCUT2D eigenvalue weighted by atomic mass is 16.3. The van der Waals surface area contributed by atoms with Gasteiger partial charge in [-0.25, -0.2) is 0 Å². The van der Waals surface area contributed by atoms with E-state index in [4.69, 9.17) is 13.3 Å². The largest absolute Gasteiger partial charge is 0.456 e. The molecule has 86 heavy (non-hydrogen) atoms. The Morgan fingerprint density at radius 2 is 0.919 bits per heavy atom. The molecule has 1 N–H and O–H groups in total. The van der Waals surface area contributed by atoms with Crippen molar-refractivity contribution in [3.63, 3.8) is 0 Å². The van der Waals surface area contributed by atoms with Crippen molar-refractivity contribution < 1.29 is 13.3 Å². The molecule has 0 bridgehead atoms. The zero-order valence-corrected chi connectivity index (χ0v) is 47.3.